The summed E-state index contributed by atoms with van der Waals surface area (Å²) in [7, 11) is 0. The van der Waals surface area contributed by atoms with Crippen LogP contribution in [0.1, 0.15) is 86.5 Å². The molecule has 4 aliphatic carbocycles. The summed E-state index contributed by atoms with van der Waals surface area (Å²) in [5, 5.41) is 0. The van der Waals surface area contributed by atoms with Gasteiger partial charge in [0.25, 0.3) is 0 Å². The molecule has 0 N–H and O–H groups in total. The molecule has 162 valence electrons. The maximum absolute atomic E-state index is 11.7. The van der Waals surface area contributed by atoms with Gasteiger partial charge in [0.15, 0.2) is 0 Å². The molecule has 7 unspecified atom stereocenters. The van der Waals surface area contributed by atoms with Gasteiger partial charge in [-0.05, 0) is 68.1 Å². The first-order valence-electron chi connectivity index (χ1n) is 11.6. The molecule has 0 aliphatic heterocycles. The highest BCUT2D eigenvalue weighted by Gasteiger charge is 2.61. The van der Waals surface area contributed by atoms with Crippen LogP contribution in [0.2, 0.25) is 0 Å². The smallest absolute Gasteiger partial charge is 0.302 e. The molecule has 0 radical (unpaired) electrons. The van der Waals surface area contributed by atoms with Gasteiger partial charge in [0.1, 0.15) is 12.2 Å². The van der Waals surface area contributed by atoms with Crippen molar-refractivity contribution >= 4 is 11.9 Å². The van der Waals surface area contributed by atoms with E-state index in [1.54, 1.807) is 6.92 Å². The van der Waals surface area contributed by atoms with Gasteiger partial charge in [0.05, 0.1) is 0 Å². The number of hydrogen-bond donors (Lipinski definition) is 0. The van der Waals surface area contributed by atoms with Gasteiger partial charge in [-0.1, -0.05) is 39.3 Å². The monoisotopic (exact) mass is 402 g/mol. The fourth-order valence-corrected chi connectivity index (χ4v) is 8.13. The fraction of sp³-hybridized carbons (Fsp3) is 0.840. The van der Waals surface area contributed by atoms with E-state index in [1.165, 1.54) is 25.3 Å². The summed E-state index contributed by atoms with van der Waals surface area (Å²) in [6.07, 6.45) is 10.3. The predicted octanol–water partition coefficient (Wildman–Crippen LogP) is 5.45. The van der Waals surface area contributed by atoms with E-state index in [-0.39, 0.29) is 40.4 Å². The second kappa shape index (κ2) is 6.85. The Kier molecular flexibility index (Phi) is 4.94. The van der Waals surface area contributed by atoms with Crippen LogP contribution in [0.3, 0.4) is 0 Å². The summed E-state index contributed by atoms with van der Waals surface area (Å²) in [5.41, 5.74) is 1.71. The second-order valence-electron chi connectivity index (χ2n) is 11.2. The van der Waals surface area contributed by atoms with Gasteiger partial charge >= 0.3 is 11.9 Å². The van der Waals surface area contributed by atoms with Crippen LogP contribution in [-0.2, 0) is 19.1 Å². The molecule has 3 saturated carbocycles. The molecule has 0 amide bonds. The highest BCUT2D eigenvalue weighted by atomic mass is 16.5. The minimum absolute atomic E-state index is 0.0236. The number of fused-ring (bicyclic) bond motifs is 5. The summed E-state index contributed by atoms with van der Waals surface area (Å²) in [5.74, 6) is 1.67. The molecular weight excluding hydrogens is 364 g/mol. The predicted molar refractivity (Wildman–Crippen MR) is 112 cm³/mol. The van der Waals surface area contributed by atoms with Crippen LogP contribution >= 0.6 is 0 Å². The quantitative estimate of drug-likeness (QED) is 0.455. The van der Waals surface area contributed by atoms with Crippen LogP contribution in [-0.4, -0.2) is 24.1 Å². The molecule has 0 aromatic rings. The Balaban J connectivity index is 1.63. The van der Waals surface area contributed by atoms with Crippen LogP contribution < -0.4 is 0 Å². The van der Waals surface area contributed by atoms with Gasteiger partial charge in [-0.3, -0.25) is 9.59 Å². The molecule has 4 heteroatoms. The van der Waals surface area contributed by atoms with Crippen molar-refractivity contribution in [3.8, 4) is 0 Å². The molecule has 4 rings (SSSR count). The first-order valence-corrected chi connectivity index (χ1v) is 11.6. The van der Waals surface area contributed by atoms with Gasteiger partial charge in [-0.2, -0.15) is 0 Å². The highest BCUT2D eigenvalue weighted by molar-refractivity contribution is 5.66. The first-order chi connectivity index (χ1) is 13.5. The average molecular weight is 403 g/mol. The first kappa shape index (κ1) is 20.9. The molecule has 4 nitrogen and oxygen atoms in total. The molecule has 7 atom stereocenters. The maximum atomic E-state index is 11.7. The minimum Gasteiger partial charge on any atom is -0.462 e. The molecule has 4 aliphatic rings. The number of carbonyl (C=O) groups excluding carboxylic acids is 2. The lowest BCUT2D eigenvalue weighted by Gasteiger charge is -2.61. The number of hydrogen-bond acceptors (Lipinski definition) is 4. The lowest BCUT2D eigenvalue weighted by molar-refractivity contribution is -0.160. The van der Waals surface area contributed by atoms with E-state index in [4.69, 9.17) is 9.47 Å². The van der Waals surface area contributed by atoms with Gasteiger partial charge in [-0.15, -0.1) is 0 Å². The van der Waals surface area contributed by atoms with E-state index in [0.29, 0.717) is 17.8 Å². The Morgan fingerprint density at radius 2 is 1.52 bits per heavy atom. The van der Waals surface area contributed by atoms with Gasteiger partial charge in [0.2, 0.25) is 0 Å². The zero-order valence-electron chi connectivity index (χ0n) is 19.0. The lowest BCUT2D eigenvalue weighted by atomic mass is 9.45. The number of ether oxygens (including phenoxy) is 2. The molecule has 0 saturated heterocycles. The average Bonchev–Trinajstić information content (AvgIpc) is 2.93. The van der Waals surface area contributed by atoms with Crippen LogP contribution in [0.5, 0.6) is 0 Å². The number of allylic oxidation sites excluding steroid dienone is 1. The van der Waals surface area contributed by atoms with Crippen molar-refractivity contribution in [3.05, 3.63) is 11.6 Å². The molecule has 0 aromatic heterocycles. The molecule has 0 aromatic carbocycles. The lowest BCUT2D eigenvalue weighted by Crippen LogP contribution is -2.55. The van der Waals surface area contributed by atoms with Gasteiger partial charge in [0, 0.05) is 24.7 Å². The van der Waals surface area contributed by atoms with Crippen LogP contribution in [0, 0.1) is 34.0 Å². The molecule has 3 fully saturated rings. The Hall–Kier alpha value is -1.32. The summed E-state index contributed by atoms with van der Waals surface area (Å²) >= 11 is 0. The van der Waals surface area contributed by atoms with Crippen LogP contribution in [0.4, 0.5) is 0 Å². The SMILES string of the molecule is CC(=O)OC1CCC2(C)C(=CCC3C2CCC2(C)C(OC(C)=O)CCC32)C1(C)C. The number of esters is 2. The minimum atomic E-state index is -0.170. The van der Waals surface area contributed by atoms with E-state index in [0.717, 1.165) is 32.1 Å². The third-order valence-corrected chi connectivity index (χ3v) is 9.42. The van der Waals surface area contributed by atoms with E-state index < -0.39 is 0 Å². The molecule has 0 spiro atoms. The van der Waals surface area contributed by atoms with E-state index in [1.807, 2.05) is 0 Å². The summed E-state index contributed by atoms with van der Waals surface area (Å²) < 4.78 is 11.5. The van der Waals surface area contributed by atoms with Crippen molar-refractivity contribution in [2.24, 2.45) is 34.0 Å². The third kappa shape index (κ3) is 3.08. The van der Waals surface area contributed by atoms with Gasteiger partial charge in [-0.25, -0.2) is 0 Å². The van der Waals surface area contributed by atoms with E-state index in [9.17, 15) is 9.59 Å². The van der Waals surface area contributed by atoms with Crippen molar-refractivity contribution in [3.63, 3.8) is 0 Å². The summed E-state index contributed by atoms with van der Waals surface area (Å²) in [6.45, 7) is 12.5. The van der Waals surface area contributed by atoms with E-state index >= 15 is 0 Å². The Morgan fingerprint density at radius 3 is 2.17 bits per heavy atom. The maximum Gasteiger partial charge on any atom is 0.302 e. The zero-order valence-corrected chi connectivity index (χ0v) is 19.0. The van der Waals surface area contributed by atoms with Gasteiger partial charge < -0.3 is 9.47 Å². The third-order valence-electron chi connectivity index (χ3n) is 9.42. The molecule has 0 heterocycles. The molecule has 0 bridgehead atoms. The Bertz CT molecular complexity index is 737. The number of rotatable bonds is 2. The Labute approximate surface area is 175 Å². The van der Waals surface area contributed by atoms with Crippen molar-refractivity contribution in [1.29, 1.82) is 0 Å². The standard InChI is InChI=1S/C25H38O4/c1-15(26)28-21-12-14-24(5)19-11-13-25(6)18(8-10-22(25)29-16(2)27)17(19)7-9-20(24)23(21,3)4/h9,17-19,21-22H,7-8,10-14H2,1-6H3. The highest BCUT2D eigenvalue weighted by Crippen LogP contribution is 2.67. The largest absolute Gasteiger partial charge is 0.462 e. The Morgan fingerprint density at radius 1 is 0.862 bits per heavy atom. The van der Waals surface area contributed by atoms with Crippen LogP contribution in [0.15, 0.2) is 11.6 Å². The normalized spacial score (nSPS) is 45.3. The van der Waals surface area contributed by atoms with Crippen molar-refractivity contribution in [2.75, 3.05) is 0 Å². The topological polar surface area (TPSA) is 52.6 Å². The summed E-state index contributed by atoms with van der Waals surface area (Å²) in [6, 6.07) is 0. The number of carbonyl (C=O) groups is 2. The molecular formula is C25H38O4. The zero-order chi connectivity index (χ0) is 21.2. The van der Waals surface area contributed by atoms with Crippen molar-refractivity contribution in [1.82, 2.24) is 0 Å². The summed E-state index contributed by atoms with van der Waals surface area (Å²) in [4.78, 5) is 23.3. The molecule has 29 heavy (non-hydrogen) atoms. The fourth-order valence-electron chi connectivity index (χ4n) is 8.13. The van der Waals surface area contributed by atoms with Crippen molar-refractivity contribution in [2.45, 2.75) is 98.7 Å². The van der Waals surface area contributed by atoms with E-state index in [2.05, 4.69) is 33.8 Å². The second-order valence-corrected chi connectivity index (χ2v) is 11.2. The van der Waals surface area contributed by atoms with Crippen molar-refractivity contribution < 1.29 is 19.1 Å². The van der Waals surface area contributed by atoms with Crippen LogP contribution in [0.25, 0.3) is 0 Å².